The Hall–Kier alpha value is -4.98. The third-order valence-corrected chi connectivity index (χ3v) is 13.8. The van der Waals surface area contributed by atoms with Crippen molar-refractivity contribution in [2.45, 2.75) is 89.3 Å². The lowest BCUT2D eigenvalue weighted by Crippen LogP contribution is -2.45. The molecule has 0 radical (unpaired) electrons. The highest BCUT2D eigenvalue weighted by Crippen LogP contribution is 2.50. The van der Waals surface area contributed by atoms with Crippen molar-refractivity contribution in [2.75, 3.05) is 0 Å². The lowest BCUT2D eigenvalue weighted by atomic mass is 9.70. The molecule has 1 heteroatoms. The van der Waals surface area contributed by atoms with E-state index >= 15 is 0 Å². The van der Waals surface area contributed by atoms with Crippen LogP contribution in [0, 0.1) is 11.8 Å². The van der Waals surface area contributed by atoms with Crippen LogP contribution < -0.4 is 0 Å². The summed E-state index contributed by atoms with van der Waals surface area (Å²) in [4.78, 5) is 2.88. The second kappa shape index (κ2) is 14.6. The second-order valence-corrected chi connectivity index (χ2v) is 17.0. The normalized spacial score (nSPS) is 27.5. The number of hydrogen-bond donors (Lipinski definition) is 0. The average molecular weight is 716 g/mol. The van der Waals surface area contributed by atoms with E-state index in [9.17, 15) is 0 Å². The van der Waals surface area contributed by atoms with Crippen molar-refractivity contribution in [2.24, 2.45) is 11.8 Å². The minimum atomic E-state index is 0.398. The van der Waals surface area contributed by atoms with E-state index < -0.39 is 0 Å². The molecular weight excluding hydrogens is 663 g/mol. The highest BCUT2D eigenvalue weighted by Gasteiger charge is 2.47. The van der Waals surface area contributed by atoms with Crippen molar-refractivity contribution in [3.63, 3.8) is 0 Å². The van der Waals surface area contributed by atoms with E-state index in [2.05, 4.69) is 171 Å². The number of allylic oxidation sites excluding steroid dienone is 15. The maximum atomic E-state index is 2.88. The van der Waals surface area contributed by atoms with Gasteiger partial charge in [0.15, 0.2) is 0 Å². The van der Waals surface area contributed by atoms with Crippen LogP contribution in [0.4, 0.5) is 0 Å². The summed E-state index contributed by atoms with van der Waals surface area (Å²) >= 11 is 0. The van der Waals surface area contributed by atoms with E-state index in [1.54, 1.807) is 11.1 Å². The fraction of sp³-hybridized carbons (Fsp3) is 0.296. The van der Waals surface area contributed by atoms with E-state index in [4.69, 9.17) is 0 Å². The summed E-state index contributed by atoms with van der Waals surface area (Å²) in [6.45, 7) is 4.86. The Balaban J connectivity index is 0.970. The lowest BCUT2D eigenvalue weighted by Gasteiger charge is -2.37. The highest BCUT2D eigenvalue weighted by atomic mass is 15.2. The van der Waals surface area contributed by atoms with Crippen LogP contribution in [0.25, 0.3) is 22.3 Å². The molecule has 0 N–H and O–H groups in total. The Morgan fingerprint density at radius 1 is 0.709 bits per heavy atom. The van der Waals surface area contributed by atoms with Crippen LogP contribution in [0.5, 0.6) is 0 Å². The van der Waals surface area contributed by atoms with Crippen LogP contribution in [0.3, 0.4) is 0 Å². The first-order chi connectivity index (χ1) is 27.1. The zero-order chi connectivity index (χ0) is 36.9. The number of likely N-dealkylation sites (tertiary alicyclic amines) is 1. The lowest BCUT2D eigenvalue weighted by molar-refractivity contribution is 0.143. The first kappa shape index (κ1) is 34.5. The number of benzene rings is 3. The first-order valence-corrected chi connectivity index (χ1v) is 21.1. The number of nitrogens with zero attached hydrogens (tertiary/aromatic N) is 1. The maximum Gasteiger partial charge on any atom is 0.0361 e. The molecule has 274 valence electrons. The van der Waals surface area contributed by atoms with Gasteiger partial charge in [-0.05, 0) is 144 Å². The molecule has 0 spiro atoms. The van der Waals surface area contributed by atoms with E-state index in [-0.39, 0.29) is 0 Å². The van der Waals surface area contributed by atoms with Gasteiger partial charge in [-0.1, -0.05) is 158 Å². The maximum absolute atomic E-state index is 2.88. The third-order valence-electron chi connectivity index (χ3n) is 13.8. The van der Waals surface area contributed by atoms with Gasteiger partial charge in [-0.25, -0.2) is 0 Å². The summed E-state index contributed by atoms with van der Waals surface area (Å²) < 4.78 is 0. The Labute approximate surface area is 329 Å². The fourth-order valence-corrected chi connectivity index (χ4v) is 11.0. The summed E-state index contributed by atoms with van der Waals surface area (Å²) in [6, 6.07) is 29.4. The van der Waals surface area contributed by atoms with Gasteiger partial charge in [0.25, 0.3) is 0 Å². The molecule has 1 nitrogen and oxygen atoms in total. The SMILES string of the molecule is CC1=C(c2ccccc2)C=C(C2=CCCC=C2)C=C([C@H](C)C2Cc3ccc(C4=CCC5C(=C4)C4C=CCCC4N5C4C=CC=CC4)cc3-c3ccccc32)C1. The van der Waals surface area contributed by atoms with Crippen molar-refractivity contribution in [3.8, 4) is 11.1 Å². The molecule has 7 aliphatic rings. The minimum absolute atomic E-state index is 0.398. The standard InChI is InChI=1S/C54H53N/c1-36-30-43(31-44(38-16-6-3-7-17-38)35-49(36)39-18-8-4-9-19-39)37(2)50-34-42-27-26-40(32-51(42)47-23-13-12-22-46(47)50)41-28-29-54-52(33-41)48-24-14-15-25-53(48)55(54)45-20-10-5-11-21-45/h4-6,8-14,16-20,22-24,26-28,31-33,35,37,45,48,50,53-54H,3,7,15,21,25,29-30,34H2,1-2H3/t37-,45?,48?,50?,53?,54?/m0/s1. The molecule has 5 unspecified atom stereocenters. The molecule has 0 bridgehead atoms. The molecule has 6 aliphatic carbocycles. The van der Waals surface area contributed by atoms with Crippen LogP contribution in [0.1, 0.15) is 87.0 Å². The molecule has 10 rings (SSSR count). The zero-order valence-corrected chi connectivity index (χ0v) is 32.5. The van der Waals surface area contributed by atoms with Crippen molar-refractivity contribution < 1.29 is 0 Å². The van der Waals surface area contributed by atoms with Crippen molar-refractivity contribution in [1.29, 1.82) is 0 Å². The van der Waals surface area contributed by atoms with Gasteiger partial charge in [0.2, 0.25) is 0 Å². The van der Waals surface area contributed by atoms with E-state index in [1.165, 1.54) is 74.1 Å². The molecule has 1 fully saturated rings. The van der Waals surface area contributed by atoms with Gasteiger partial charge in [0.05, 0.1) is 0 Å². The Morgan fingerprint density at radius 3 is 2.45 bits per heavy atom. The number of hydrogen-bond acceptors (Lipinski definition) is 1. The van der Waals surface area contributed by atoms with Gasteiger partial charge in [-0.15, -0.1) is 0 Å². The Morgan fingerprint density at radius 2 is 1.60 bits per heavy atom. The summed E-state index contributed by atoms with van der Waals surface area (Å²) in [5.41, 5.74) is 18.7. The predicted molar refractivity (Wildman–Crippen MR) is 232 cm³/mol. The molecule has 3 aromatic carbocycles. The van der Waals surface area contributed by atoms with E-state index in [0.29, 0.717) is 35.9 Å². The van der Waals surface area contributed by atoms with Crippen LogP contribution in [0.15, 0.2) is 180 Å². The summed E-state index contributed by atoms with van der Waals surface area (Å²) in [5, 5.41) is 0. The monoisotopic (exact) mass is 715 g/mol. The fourth-order valence-electron chi connectivity index (χ4n) is 11.0. The van der Waals surface area contributed by atoms with E-state index in [1.807, 2.05) is 0 Å². The number of fused-ring (bicyclic) bond motifs is 6. The molecule has 1 heterocycles. The van der Waals surface area contributed by atoms with Crippen LogP contribution in [-0.2, 0) is 6.42 Å². The molecule has 3 aromatic rings. The van der Waals surface area contributed by atoms with Gasteiger partial charge in [0, 0.05) is 24.0 Å². The van der Waals surface area contributed by atoms with Gasteiger partial charge < -0.3 is 0 Å². The van der Waals surface area contributed by atoms with Crippen LogP contribution >= 0.6 is 0 Å². The molecule has 0 saturated carbocycles. The zero-order valence-electron chi connectivity index (χ0n) is 32.5. The number of rotatable bonds is 6. The smallest absolute Gasteiger partial charge is 0.0361 e. The van der Waals surface area contributed by atoms with E-state index in [0.717, 1.165) is 38.5 Å². The molecular formula is C54H53N. The first-order valence-electron chi connectivity index (χ1n) is 21.1. The second-order valence-electron chi connectivity index (χ2n) is 17.0. The van der Waals surface area contributed by atoms with Gasteiger partial charge >= 0.3 is 0 Å². The highest BCUT2D eigenvalue weighted by molar-refractivity contribution is 5.84. The van der Waals surface area contributed by atoms with Gasteiger partial charge in [-0.3, -0.25) is 4.90 Å². The van der Waals surface area contributed by atoms with Gasteiger partial charge in [-0.2, -0.15) is 0 Å². The molecule has 55 heavy (non-hydrogen) atoms. The quantitative estimate of drug-likeness (QED) is 0.230. The minimum Gasteiger partial charge on any atom is -0.286 e. The van der Waals surface area contributed by atoms with Crippen molar-refractivity contribution in [3.05, 3.63) is 202 Å². The van der Waals surface area contributed by atoms with Gasteiger partial charge in [0.1, 0.15) is 0 Å². The van der Waals surface area contributed by atoms with Crippen molar-refractivity contribution >= 4 is 11.1 Å². The molecule has 6 atom stereocenters. The summed E-state index contributed by atoms with van der Waals surface area (Å²) in [5.74, 6) is 1.35. The molecule has 1 aliphatic heterocycles. The topological polar surface area (TPSA) is 3.24 Å². The largest absolute Gasteiger partial charge is 0.286 e. The predicted octanol–water partition coefficient (Wildman–Crippen LogP) is 13.3. The van der Waals surface area contributed by atoms with Crippen LogP contribution in [0.2, 0.25) is 0 Å². The average Bonchev–Trinajstić information content (AvgIpc) is 3.47. The Kier molecular flexibility index (Phi) is 9.15. The molecule has 1 saturated heterocycles. The summed E-state index contributed by atoms with van der Waals surface area (Å²) in [6.07, 6.45) is 40.5. The third kappa shape index (κ3) is 6.31. The Bertz CT molecular complexity index is 2330. The summed E-state index contributed by atoms with van der Waals surface area (Å²) in [7, 11) is 0. The van der Waals surface area contributed by atoms with Crippen molar-refractivity contribution in [1.82, 2.24) is 4.90 Å². The molecule has 0 aromatic heterocycles. The van der Waals surface area contributed by atoms with Crippen LogP contribution in [-0.4, -0.2) is 23.0 Å². The molecule has 0 amide bonds.